The molecule has 3 aliphatic rings. The number of aromatic carboxylic acids is 1. The van der Waals surface area contributed by atoms with E-state index in [1.54, 1.807) is 37.3 Å². The smallest absolute Gasteiger partial charge is 0.335 e. The summed E-state index contributed by atoms with van der Waals surface area (Å²) >= 11 is 5.97. The Morgan fingerprint density at radius 1 is 1.14 bits per heavy atom. The van der Waals surface area contributed by atoms with Gasteiger partial charge in [0.1, 0.15) is 11.6 Å². The van der Waals surface area contributed by atoms with Gasteiger partial charge in [-0.25, -0.2) is 14.2 Å². The number of imidazole rings is 1. The number of carboxylic acid groups (broad SMARTS) is 1. The van der Waals surface area contributed by atoms with Crippen molar-refractivity contribution in [2.45, 2.75) is 44.7 Å². The number of anilines is 1. The zero-order chi connectivity index (χ0) is 29.9. The molecule has 0 spiro atoms. The van der Waals surface area contributed by atoms with Gasteiger partial charge in [-0.2, -0.15) is 0 Å². The monoisotopic (exact) mass is 606 g/mol. The lowest BCUT2D eigenvalue weighted by atomic mass is 10.1. The average molecular weight is 607 g/mol. The highest BCUT2D eigenvalue weighted by Gasteiger charge is 2.43. The average Bonchev–Trinajstić information content (AvgIpc) is 3.51. The molecule has 0 amide bonds. The van der Waals surface area contributed by atoms with Gasteiger partial charge in [0.05, 0.1) is 46.5 Å². The van der Waals surface area contributed by atoms with Crippen molar-refractivity contribution in [2.24, 2.45) is 0 Å². The number of carbonyl (C=O) groups is 1. The van der Waals surface area contributed by atoms with Crippen LogP contribution in [0.5, 0.6) is 11.5 Å². The van der Waals surface area contributed by atoms with Crippen molar-refractivity contribution < 1.29 is 28.5 Å². The Hall–Kier alpha value is -3.86. The fourth-order valence-corrected chi connectivity index (χ4v) is 6.42. The topological polar surface area (TPSA) is 89.3 Å². The predicted octanol–water partition coefficient (Wildman–Crippen LogP) is 5.84. The highest BCUT2D eigenvalue weighted by atomic mass is 35.5. The van der Waals surface area contributed by atoms with Gasteiger partial charge in [0.25, 0.3) is 5.79 Å². The number of rotatable bonds is 7. The number of benzene rings is 3. The first-order valence-corrected chi connectivity index (χ1v) is 14.9. The lowest BCUT2D eigenvalue weighted by Crippen LogP contribution is -2.47. The first kappa shape index (κ1) is 27.9. The van der Waals surface area contributed by atoms with E-state index in [-0.39, 0.29) is 23.3 Å². The maximum absolute atomic E-state index is 14.8. The second kappa shape index (κ2) is 10.7. The Kier molecular flexibility index (Phi) is 6.95. The lowest BCUT2D eigenvalue weighted by Gasteiger charge is -2.39. The maximum atomic E-state index is 14.8. The fraction of sp³-hybridized carbons (Fsp3) is 0.375. The van der Waals surface area contributed by atoms with E-state index in [1.807, 2.05) is 18.2 Å². The Labute approximate surface area is 253 Å². The summed E-state index contributed by atoms with van der Waals surface area (Å²) in [6.07, 6.45) is 1.07. The van der Waals surface area contributed by atoms with Gasteiger partial charge in [-0.05, 0) is 61.9 Å². The van der Waals surface area contributed by atoms with Crippen molar-refractivity contribution in [1.29, 1.82) is 0 Å². The molecule has 3 aromatic carbocycles. The summed E-state index contributed by atoms with van der Waals surface area (Å²) < 4.78 is 35.2. The van der Waals surface area contributed by atoms with Crippen LogP contribution in [0.25, 0.3) is 11.0 Å². The van der Waals surface area contributed by atoms with Gasteiger partial charge in [0.2, 0.25) is 0 Å². The van der Waals surface area contributed by atoms with Gasteiger partial charge in [0, 0.05) is 44.7 Å². The summed E-state index contributed by atoms with van der Waals surface area (Å²) in [5, 5.41) is 9.89. The van der Waals surface area contributed by atoms with Crippen molar-refractivity contribution >= 4 is 34.3 Å². The molecule has 0 radical (unpaired) electrons. The second-order valence-electron chi connectivity index (χ2n) is 11.4. The van der Waals surface area contributed by atoms with Crippen molar-refractivity contribution in [3.63, 3.8) is 0 Å². The Morgan fingerprint density at radius 3 is 2.63 bits per heavy atom. The number of carboxylic acids is 1. The van der Waals surface area contributed by atoms with Crippen LogP contribution in [0.1, 0.15) is 48.1 Å². The largest absolute Gasteiger partial charge is 0.478 e. The molecule has 0 aliphatic carbocycles. The van der Waals surface area contributed by atoms with E-state index < -0.39 is 17.6 Å². The molecular weight excluding hydrogens is 575 g/mol. The summed E-state index contributed by atoms with van der Waals surface area (Å²) in [5.41, 5.74) is 3.02. The molecular formula is C32H32ClFN4O5. The highest BCUT2D eigenvalue weighted by molar-refractivity contribution is 6.30. The quantitative estimate of drug-likeness (QED) is 0.281. The lowest BCUT2D eigenvalue weighted by molar-refractivity contribution is -0.0705. The van der Waals surface area contributed by atoms with Crippen LogP contribution >= 0.6 is 11.6 Å². The molecule has 4 heterocycles. The van der Waals surface area contributed by atoms with Gasteiger partial charge >= 0.3 is 5.97 Å². The number of nitrogens with zero attached hydrogens (tertiary/aromatic N) is 4. The third kappa shape index (κ3) is 4.97. The van der Waals surface area contributed by atoms with Gasteiger partial charge in [-0.3, -0.25) is 4.90 Å². The number of aromatic nitrogens is 2. The number of para-hydroxylation sites is 1. The minimum absolute atomic E-state index is 0.000137. The molecule has 7 rings (SSSR count). The van der Waals surface area contributed by atoms with Crippen molar-refractivity contribution in [1.82, 2.24) is 14.5 Å². The van der Waals surface area contributed by atoms with E-state index in [2.05, 4.69) is 21.3 Å². The Bertz CT molecular complexity index is 1720. The standard InChI is InChI=1S/C32H32ClFN4O5/c1-19(30-35-25-9-6-20(31(39)40)16-27(25)38(30)18-22-10-15-41-22)36-11-13-37(14-12-36)26-4-3-5-28-29(26)43-32(2,42-28)23-8-7-21(33)17-24(23)34/h3-9,16-17,19,22H,10-15,18H2,1-2H3,(H,39,40)/t19-,22-,32+/m0/s1. The third-order valence-corrected chi connectivity index (χ3v) is 9.00. The predicted molar refractivity (Wildman–Crippen MR) is 160 cm³/mol. The molecule has 2 fully saturated rings. The van der Waals surface area contributed by atoms with Crippen LogP contribution in [0, 0.1) is 5.82 Å². The van der Waals surface area contributed by atoms with E-state index in [0.717, 1.165) is 61.8 Å². The zero-order valence-corrected chi connectivity index (χ0v) is 24.7. The molecule has 2 saturated heterocycles. The van der Waals surface area contributed by atoms with Crippen molar-refractivity contribution in [2.75, 3.05) is 37.7 Å². The summed E-state index contributed by atoms with van der Waals surface area (Å²) in [6, 6.07) is 15.3. The summed E-state index contributed by atoms with van der Waals surface area (Å²) in [4.78, 5) is 21.3. The molecule has 3 atom stereocenters. The van der Waals surface area contributed by atoms with Crippen LogP contribution in [0.3, 0.4) is 0 Å². The van der Waals surface area contributed by atoms with Crippen LogP contribution < -0.4 is 14.4 Å². The molecule has 4 aromatic rings. The van der Waals surface area contributed by atoms with Crippen LogP contribution in [-0.4, -0.2) is 64.4 Å². The molecule has 1 aromatic heterocycles. The summed E-state index contributed by atoms with van der Waals surface area (Å²) in [7, 11) is 0. The molecule has 0 unspecified atom stereocenters. The number of fused-ring (bicyclic) bond motifs is 2. The molecule has 3 aliphatic heterocycles. The molecule has 1 N–H and O–H groups in total. The maximum Gasteiger partial charge on any atom is 0.335 e. The van der Waals surface area contributed by atoms with E-state index in [4.69, 9.17) is 30.8 Å². The molecule has 0 saturated carbocycles. The number of hydrogen-bond donors (Lipinski definition) is 1. The summed E-state index contributed by atoms with van der Waals surface area (Å²) in [5.74, 6) is -0.691. The third-order valence-electron chi connectivity index (χ3n) is 8.76. The Morgan fingerprint density at radius 2 is 1.93 bits per heavy atom. The first-order valence-electron chi connectivity index (χ1n) is 14.5. The number of ether oxygens (including phenoxy) is 3. The minimum Gasteiger partial charge on any atom is -0.478 e. The number of halogens is 2. The van der Waals surface area contributed by atoms with Crippen LogP contribution in [0.4, 0.5) is 10.1 Å². The van der Waals surface area contributed by atoms with Gasteiger partial charge in [0.15, 0.2) is 11.5 Å². The number of piperazine rings is 1. The molecule has 224 valence electrons. The second-order valence-corrected chi connectivity index (χ2v) is 11.9. The minimum atomic E-state index is -1.31. The van der Waals surface area contributed by atoms with Gasteiger partial charge in [-0.1, -0.05) is 17.7 Å². The van der Waals surface area contributed by atoms with Gasteiger partial charge in [-0.15, -0.1) is 0 Å². The molecule has 43 heavy (non-hydrogen) atoms. The zero-order valence-electron chi connectivity index (χ0n) is 23.9. The molecule has 11 heteroatoms. The fourth-order valence-electron chi connectivity index (χ4n) is 6.26. The molecule has 9 nitrogen and oxygen atoms in total. The van der Waals surface area contributed by atoms with Gasteiger partial charge < -0.3 is 28.8 Å². The molecule has 0 bridgehead atoms. The van der Waals surface area contributed by atoms with E-state index in [9.17, 15) is 14.3 Å². The van der Waals surface area contributed by atoms with E-state index in [1.165, 1.54) is 6.07 Å². The van der Waals surface area contributed by atoms with Crippen LogP contribution in [-0.2, 0) is 17.1 Å². The van der Waals surface area contributed by atoms with Crippen LogP contribution in [0.2, 0.25) is 5.02 Å². The van der Waals surface area contributed by atoms with E-state index in [0.29, 0.717) is 23.1 Å². The van der Waals surface area contributed by atoms with E-state index >= 15 is 0 Å². The van der Waals surface area contributed by atoms with Crippen molar-refractivity contribution in [3.8, 4) is 11.5 Å². The number of hydrogen-bond acceptors (Lipinski definition) is 7. The SMILES string of the molecule is C[C@@H](c1nc2ccc(C(=O)O)cc2n1C[C@@H]1CCO1)N1CCN(c2cccc3c2O[C@](C)(c2ccc(Cl)cc2F)O3)CC1. The van der Waals surface area contributed by atoms with Crippen LogP contribution in [0.15, 0.2) is 54.6 Å². The Balaban J connectivity index is 1.10. The highest BCUT2D eigenvalue weighted by Crippen LogP contribution is 2.50. The first-order chi connectivity index (χ1) is 20.7. The normalized spacial score (nSPS) is 22.5. The summed E-state index contributed by atoms with van der Waals surface area (Å²) in [6.45, 7) is 8.28. The van der Waals surface area contributed by atoms with Crippen molar-refractivity contribution in [3.05, 3.63) is 82.4 Å².